The van der Waals surface area contributed by atoms with Crippen molar-refractivity contribution >= 4 is 38.9 Å². The van der Waals surface area contributed by atoms with Crippen LogP contribution in [0.2, 0.25) is 0 Å². The lowest BCUT2D eigenvalue weighted by Crippen LogP contribution is -1.98. The monoisotopic (exact) mass is 360 g/mol. The Labute approximate surface area is 130 Å². The molecule has 0 aliphatic heterocycles. The van der Waals surface area contributed by atoms with Gasteiger partial charge in [0.05, 0.1) is 29.4 Å². The fraction of sp³-hybridized carbons (Fsp3) is 0.385. The lowest BCUT2D eigenvalue weighted by atomic mass is 10.2. The Morgan fingerprint density at radius 1 is 1.32 bits per heavy atom. The molecule has 0 spiro atoms. The van der Waals surface area contributed by atoms with Gasteiger partial charge >= 0.3 is 0 Å². The standard InChI is InChI=1S/C13H14BrClN2OS/c14-10-5-12(8-16-7-10)18-4-2-1-3-13-17-11(6-15)9-19-13/h5,7-9H,1-4,6H2. The first-order valence-corrected chi connectivity index (χ1v) is 8.21. The van der Waals surface area contributed by atoms with Gasteiger partial charge in [-0.05, 0) is 41.3 Å². The first-order chi connectivity index (χ1) is 9.28. The Morgan fingerprint density at radius 2 is 2.21 bits per heavy atom. The van der Waals surface area contributed by atoms with E-state index in [2.05, 4.69) is 25.9 Å². The van der Waals surface area contributed by atoms with Crippen LogP contribution in [-0.4, -0.2) is 16.6 Å². The molecular formula is C13H14BrClN2OS. The third-order valence-corrected chi connectivity index (χ3v) is 4.13. The summed E-state index contributed by atoms with van der Waals surface area (Å²) in [5, 5.41) is 3.17. The van der Waals surface area contributed by atoms with E-state index in [9.17, 15) is 0 Å². The molecule has 0 N–H and O–H groups in total. The number of rotatable bonds is 7. The summed E-state index contributed by atoms with van der Waals surface area (Å²) >= 11 is 10.8. The summed E-state index contributed by atoms with van der Waals surface area (Å²) < 4.78 is 6.55. The first kappa shape index (κ1) is 14.8. The molecule has 0 radical (unpaired) electrons. The fourth-order valence-electron chi connectivity index (χ4n) is 1.56. The largest absolute Gasteiger partial charge is 0.492 e. The molecule has 2 aromatic rings. The van der Waals surface area contributed by atoms with E-state index in [0.29, 0.717) is 12.5 Å². The van der Waals surface area contributed by atoms with Crippen LogP contribution in [0.1, 0.15) is 23.5 Å². The molecule has 2 rings (SSSR count). The minimum Gasteiger partial charge on any atom is -0.492 e. The molecule has 6 heteroatoms. The second-order valence-electron chi connectivity index (χ2n) is 4.01. The van der Waals surface area contributed by atoms with Crippen molar-refractivity contribution in [1.29, 1.82) is 0 Å². The van der Waals surface area contributed by atoms with Crippen LogP contribution < -0.4 is 4.74 Å². The normalized spacial score (nSPS) is 10.6. The SMILES string of the molecule is ClCc1csc(CCCCOc2cncc(Br)c2)n1. The molecule has 19 heavy (non-hydrogen) atoms. The fourth-order valence-corrected chi connectivity index (χ4v) is 2.98. The van der Waals surface area contributed by atoms with Crippen molar-refractivity contribution in [2.45, 2.75) is 25.1 Å². The Hall–Kier alpha value is -0.650. The van der Waals surface area contributed by atoms with Gasteiger partial charge in [-0.1, -0.05) is 0 Å². The number of hydrogen-bond donors (Lipinski definition) is 0. The Balaban J connectivity index is 1.64. The number of alkyl halides is 1. The maximum absolute atomic E-state index is 5.72. The van der Waals surface area contributed by atoms with Crippen molar-refractivity contribution in [2.75, 3.05) is 6.61 Å². The zero-order valence-electron chi connectivity index (χ0n) is 10.3. The minimum absolute atomic E-state index is 0.496. The van der Waals surface area contributed by atoms with E-state index < -0.39 is 0 Å². The summed E-state index contributed by atoms with van der Waals surface area (Å²) in [5.41, 5.74) is 0.970. The maximum atomic E-state index is 5.72. The highest BCUT2D eigenvalue weighted by Gasteiger charge is 2.01. The average molecular weight is 362 g/mol. The molecule has 0 saturated carbocycles. The smallest absolute Gasteiger partial charge is 0.138 e. The molecule has 0 aromatic carbocycles. The van der Waals surface area contributed by atoms with Gasteiger partial charge in [0.2, 0.25) is 0 Å². The highest BCUT2D eigenvalue weighted by molar-refractivity contribution is 9.10. The van der Waals surface area contributed by atoms with Gasteiger partial charge in [0, 0.05) is 16.0 Å². The molecule has 0 fully saturated rings. The first-order valence-electron chi connectivity index (χ1n) is 6.00. The molecule has 2 aromatic heterocycles. The Morgan fingerprint density at radius 3 is 2.95 bits per heavy atom. The Bertz CT molecular complexity index is 521. The highest BCUT2D eigenvalue weighted by atomic mass is 79.9. The van der Waals surface area contributed by atoms with Gasteiger partial charge in [-0.2, -0.15) is 0 Å². The molecule has 0 atom stereocenters. The lowest BCUT2D eigenvalue weighted by molar-refractivity contribution is 0.305. The number of nitrogens with zero attached hydrogens (tertiary/aromatic N) is 2. The van der Waals surface area contributed by atoms with Gasteiger partial charge in [0.25, 0.3) is 0 Å². The molecule has 102 valence electrons. The quantitative estimate of drug-likeness (QED) is 0.540. The second-order valence-corrected chi connectivity index (χ2v) is 6.14. The van der Waals surface area contributed by atoms with Crippen LogP contribution in [0.4, 0.5) is 0 Å². The zero-order chi connectivity index (χ0) is 13.5. The topological polar surface area (TPSA) is 35.0 Å². The van der Waals surface area contributed by atoms with Crippen molar-refractivity contribution in [2.24, 2.45) is 0 Å². The van der Waals surface area contributed by atoms with Crippen LogP contribution in [0.3, 0.4) is 0 Å². The third kappa shape index (κ3) is 5.09. The van der Waals surface area contributed by atoms with Crippen molar-refractivity contribution in [3.63, 3.8) is 0 Å². The number of ether oxygens (including phenoxy) is 1. The maximum Gasteiger partial charge on any atom is 0.138 e. The van der Waals surface area contributed by atoms with E-state index in [-0.39, 0.29) is 0 Å². The molecule has 3 nitrogen and oxygen atoms in total. The van der Waals surface area contributed by atoms with Crippen LogP contribution in [0.25, 0.3) is 0 Å². The van der Waals surface area contributed by atoms with Crippen molar-refractivity contribution < 1.29 is 4.74 Å². The Kier molecular flexibility index (Phi) is 6.07. The third-order valence-electron chi connectivity index (χ3n) is 2.47. The summed E-state index contributed by atoms with van der Waals surface area (Å²) in [7, 11) is 0. The highest BCUT2D eigenvalue weighted by Crippen LogP contribution is 2.17. The predicted molar refractivity (Wildman–Crippen MR) is 82.0 cm³/mol. The number of hydrogen-bond acceptors (Lipinski definition) is 4. The van der Waals surface area contributed by atoms with Gasteiger partial charge in [-0.3, -0.25) is 4.98 Å². The lowest BCUT2D eigenvalue weighted by Gasteiger charge is -2.05. The van der Waals surface area contributed by atoms with Crippen LogP contribution in [-0.2, 0) is 12.3 Å². The van der Waals surface area contributed by atoms with Gasteiger partial charge in [-0.15, -0.1) is 22.9 Å². The predicted octanol–water partition coefficient (Wildman–Crippen LogP) is 4.44. The summed E-state index contributed by atoms with van der Waals surface area (Å²) in [5.74, 6) is 1.29. The summed E-state index contributed by atoms with van der Waals surface area (Å²) in [6.45, 7) is 0.700. The number of thiazole rings is 1. The van der Waals surface area contributed by atoms with E-state index >= 15 is 0 Å². The molecule has 2 heterocycles. The number of unbranched alkanes of at least 4 members (excludes halogenated alkanes) is 1. The van der Waals surface area contributed by atoms with Gasteiger partial charge in [0.15, 0.2) is 0 Å². The van der Waals surface area contributed by atoms with Crippen molar-refractivity contribution in [3.05, 3.63) is 39.0 Å². The van der Waals surface area contributed by atoms with Crippen LogP contribution in [0, 0.1) is 0 Å². The molecule has 0 unspecified atom stereocenters. The number of halogens is 2. The molecule has 0 aliphatic carbocycles. The van der Waals surface area contributed by atoms with E-state index in [0.717, 1.165) is 40.2 Å². The molecule has 0 amide bonds. The molecule has 0 bridgehead atoms. The van der Waals surface area contributed by atoms with Gasteiger partial charge < -0.3 is 4.74 Å². The second kappa shape index (κ2) is 7.82. The average Bonchev–Trinajstić information content (AvgIpc) is 2.86. The van der Waals surface area contributed by atoms with Crippen molar-refractivity contribution in [1.82, 2.24) is 9.97 Å². The summed E-state index contributed by atoms with van der Waals surface area (Å²) in [6.07, 6.45) is 6.52. The van der Waals surface area contributed by atoms with E-state index in [1.54, 1.807) is 23.7 Å². The van der Waals surface area contributed by atoms with Crippen molar-refractivity contribution in [3.8, 4) is 5.75 Å². The van der Waals surface area contributed by atoms with Crippen LogP contribution in [0.5, 0.6) is 5.75 Å². The number of pyridine rings is 1. The van der Waals surface area contributed by atoms with E-state index in [1.807, 2.05) is 11.4 Å². The number of aromatic nitrogens is 2. The zero-order valence-corrected chi connectivity index (χ0v) is 13.5. The van der Waals surface area contributed by atoms with E-state index in [1.165, 1.54) is 0 Å². The molecular weight excluding hydrogens is 348 g/mol. The van der Waals surface area contributed by atoms with Gasteiger partial charge in [-0.25, -0.2) is 4.98 Å². The minimum atomic E-state index is 0.496. The molecule has 0 saturated heterocycles. The number of aryl methyl sites for hydroxylation is 1. The van der Waals surface area contributed by atoms with Gasteiger partial charge in [0.1, 0.15) is 5.75 Å². The van der Waals surface area contributed by atoms with Crippen LogP contribution >= 0.6 is 38.9 Å². The summed E-state index contributed by atoms with van der Waals surface area (Å²) in [6, 6.07) is 1.92. The van der Waals surface area contributed by atoms with E-state index in [4.69, 9.17) is 16.3 Å². The van der Waals surface area contributed by atoms with Crippen LogP contribution in [0.15, 0.2) is 28.3 Å². The summed E-state index contributed by atoms with van der Waals surface area (Å²) in [4.78, 5) is 8.48. The molecule has 0 aliphatic rings.